The van der Waals surface area contributed by atoms with Crippen molar-refractivity contribution in [1.82, 2.24) is 4.57 Å². The van der Waals surface area contributed by atoms with Crippen LogP contribution in [0.3, 0.4) is 0 Å². The van der Waals surface area contributed by atoms with Gasteiger partial charge < -0.3 is 14.0 Å². The van der Waals surface area contributed by atoms with Crippen molar-refractivity contribution in [2.45, 2.75) is 32.4 Å². The van der Waals surface area contributed by atoms with Crippen LogP contribution in [0, 0.1) is 6.92 Å². The molecule has 1 aromatic carbocycles. The average Bonchev–Trinajstić information content (AvgIpc) is 3.13. The van der Waals surface area contributed by atoms with E-state index < -0.39 is 0 Å². The highest BCUT2D eigenvalue weighted by atomic mass is 32.1. The number of nitrogens with zero attached hydrogens (tertiary/aromatic N) is 2. The van der Waals surface area contributed by atoms with E-state index in [0.717, 1.165) is 42.2 Å². The molecule has 1 unspecified atom stereocenters. The quantitative estimate of drug-likeness (QED) is 0.869. The van der Waals surface area contributed by atoms with Crippen LogP contribution >= 0.6 is 11.3 Å². The van der Waals surface area contributed by atoms with Gasteiger partial charge in [-0.15, -0.1) is 11.3 Å². The van der Waals surface area contributed by atoms with Gasteiger partial charge in [-0.2, -0.15) is 0 Å². The van der Waals surface area contributed by atoms with Crippen LogP contribution in [-0.2, 0) is 11.3 Å². The molecule has 1 atom stereocenters. The molecular weight excluding hydrogens is 284 g/mol. The second-order valence-electron chi connectivity index (χ2n) is 5.22. The number of hydrogen-bond acceptors (Lipinski definition) is 4. The van der Waals surface area contributed by atoms with Crippen LogP contribution in [0.2, 0.25) is 0 Å². The maximum absolute atomic E-state index is 5.75. The molecule has 21 heavy (non-hydrogen) atoms. The Bertz CT molecular complexity index is 669. The molecule has 1 aromatic heterocycles. The number of methoxy groups -OCH3 is 1. The van der Waals surface area contributed by atoms with E-state index >= 15 is 0 Å². The molecule has 2 aromatic rings. The normalized spacial score (nSPS) is 19.1. The van der Waals surface area contributed by atoms with Crippen molar-refractivity contribution in [3.05, 3.63) is 40.1 Å². The summed E-state index contributed by atoms with van der Waals surface area (Å²) in [5.41, 5.74) is 2.15. The Labute approximate surface area is 128 Å². The van der Waals surface area contributed by atoms with E-state index in [1.807, 2.05) is 24.3 Å². The first kappa shape index (κ1) is 14.4. The lowest BCUT2D eigenvalue weighted by molar-refractivity contribution is 0.0959. The highest BCUT2D eigenvalue weighted by molar-refractivity contribution is 7.07. The number of thiazole rings is 1. The predicted octanol–water partition coefficient (Wildman–Crippen LogP) is 3.28. The average molecular weight is 304 g/mol. The van der Waals surface area contributed by atoms with Crippen LogP contribution in [-0.4, -0.2) is 24.4 Å². The molecule has 0 bridgehead atoms. The lowest BCUT2D eigenvalue weighted by atomic mass is 10.2. The molecule has 1 fully saturated rings. The molecule has 112 valence electrons. The lowest BCUT2D eigenvalue weighted by Crippen LogP contribution is -2.24. The summed E-state index contributed by atoms with van der Waals surface area (Å²) in [6.45, 7) is 3.89. The minimum absolute atomic E-state index is 0.322. The number of aromatic nitrogens is 1. The van der Waals surface area contributed by atoms with Gasteiger partial charge in [-0.05, 0) is 31.9 Å². The van der Waals surface area contributed by atoms with Crippen LogP contribution in [0.4, 0.5) is 5.69 Å². The SMILES string of the molecule is COc1cccc(N=c2scc(C)n2CC2CCCO2)c1. The molecular formula is C16H20N2O2S. The summed E-state index contributed by atoms with van der Waals surface area (Å²) >= 11 is 1.67. The molecule has 0 saturated carbocycles. The maximum Gasteiger partial charge on any atom is 0.190 e. The molecule has 1 aliphatic rings. The summed E-state index contributed by atoms with van der Waals surface area (Å²) < 4.78 is 13.2. The summed E-state index contributed by atoms with van der Waals surface area (Å²) in [7, 11) is 1.67. The molecule has 0 aliphatic carbocycles. The van der Waals surface area contributed by atoms with Gasteiger partial charge >= 0.3 is 0 Å². The zero-order valence-electron chi connectivity index (χ0n) is 12.4. The Kier molecular flexibility index (Phi) is 4.41. The van der Waals surface area contributed by atoms with Gasteiger partial charge in [0.05, 0.1) is 25.4 Å². The second kappa shape index (κ2) is 6.45. The summed E-state index contributed by atoms with van der Waals surface area (Å²) in [4.78, 5) is 5.77. The fraction of sp³-hybridized carbons (Fsp3) is 0.438. The Morgan fingerprint density at radius 1 is 1.48 bits per heavy atom. The largest absolute Gasteiger partial charge is 0.497 e. The smallest absolute Gasteiger partial charge is 0.190 e. The van der Waals surface area contributed by atoms with Crippen LogP contribution < -0.4 is 9.54 Å². The van der Waals surface area contributed by atoms with Crippen molar-refractivity contribution in [1.29, 1.82) is 0 Å². The molecule has 1 aliphatic heterocycles. The van der Waals surface area contributed by atoms with Crippen LogP contribution in [0.15, 0.2) is 34.6 Å². The maximum atomic E-state index is 5.75. The van der Waals surface area contributed by atoms with Crippen molar-refractivity contribution in [3.8, 4) is 5.75 Å². The fourth-order valence-corrected chi connectivity index (χ4v) is 3.41. The third-order valence-electron chi connectivity index (χ3n) is 3.68. The van der Waals surface area contributed by atoms with Gasteiger partial charge in [0.1, 0.15) is 5.75 Å². The summed E-state index contributed by atoms with van der Waals surface area (Å²) in [6, 6.07) is 7.83. The van der Waals surface area contributed by atoms with Gasteiger partial charge in [-0.3, -0.25) is 0 Å². The van der Waals surface area contributed by atoms with Gasteiger partial charge in [0.15, 0.2) is 4.80 Å². The highest BCUT2D eigenvalue weighted by Gasteiger charge is 2.17. The first-order valence-electron chi connectivity index (χ1n) is 7.21. The van der Waals surface area contributed by atoms with E-state index in [-0.39, 0.29) is 0 Å². The summed E-state index contributed by atoms with van der Waals surface area (Å²) in [5, 5.41) is 2.15. The molecule has 3 rings (SSSR count). The van der Waals surface area contributed by atoms with Crippen molar-refractivity contribution < 1.29 is 9.47 Å². The first-order valence-corrected chi connectivity index (χ1v) is 8.09. The Morgan fingerprint density at radius 2 is 2.38 bits per heavy atom. The second-order valence-corrected chi connectivity index (χ2v) is 6.06. The number of aryl methyl sites for hydroxylation is 1. The van der Waals surface area contributed by atoms with Crippen LogP contribution in [0.1, 0.15) is 18.5 Å². The molecule has 0 spiro atoms. The van der Waals surface area contributed by atoms with Gasteiger partial charge in [0, 0.05) is 23.7 Å². The van der Waals surface area contributed by atoms with E-state index in [4.69, 9.17) is 14.5 Å². The minimum atomic E-state index is 0.322. The van der Waals surface area contributed by atoms with Crippen molar-refractivity contribution in [2.75, 3.05) is 13.7 Å². The molecule has 0 amide bonds. The topological polar surface area (TPSA) is 35.8 Å². The van der Waals surface area contributed by atoms with Gasteiger partial charge in [0.25, 0.3) is 0 Å². The van der Waals surface area contributed by atoms with Crippen LogP contribution in [0.5, 0.6) is 5.75 Å². The zero-order chi connectivity index (χ0) is 14.7. The Balaban J connectivity index is 1.91. The van der Waals surface area contributed by atoms with Gasteiger partial charge in [-0.25, -0.2) is 4.99 Å². The third-order valence-corrected chi connectivity index (χ3v) is 4.66. The van der Waals surface area contributed by atoms with Gasteiger partial charge in [-0.1, -0.05) is 6.07 Å². The fourth-order valence-electron chi connectivity index (χ4n) is 2.51. The first-order chi connectivity index (χ1) is 10.3. The number of hydrogen-bond donors (Lipinski definition) is 0. The molecule has 2 heterocycles. The lowest BCUT2D eigenvalue weighted by Gasteiger charge is -2.12. The monoisotopic (exact) mass is 304 g/mol. The molecule has 0 N–H and O–H groups in total. The number of rotatable bonds is 4. The molecule has 5 heteroatoms. The standard InChI is InChI=1S/C16H20N2O2S/c1-12-11-21-16(18(12)10-15-7-4-8-20-15)17-13-5-3-6-14(9-13)19-2/h3,5-6,9,11,15H,4,7-8,10H2,1-2H3. The zero-order valence-corrected chi connectivity index (χ0v) is 13.2. The Morgan fingerprint density at radius 3 is 3.14 bits per heavy atom. The minimum Gasteiger partial charge on any atom is -0.497 e. The van der Waals surface area contributed by atoms with E-state index in [2.05, 4.69) is 16.9 Å². The number of benzene rings is 1. The summed E-state index contributed by atoms with van der Waals surface area (Å²) in [5.74, 6) is 0.829. The van der Waals surface area contributed by atoms with E-state index in [9.17, 15) is 0 Å². The van der Waals surface area contributed by atoms with E-state index in [1.54, 1.807) is 18.4 Å². The highest BCUT2D eigenvalue weighted by Crippen LogP contribution is 2.20. The van der Waals surface area contributed by atoms with Crippen molar-refractivity contribution in [3.63, 3.8) is 0 Å². The van der Waals surface area contributed by atoms with Crippen molar-refractivity contribution >= 4 is 17.0 Å². The molecule has 4 nitrogen and oxygen atoms in total. The Hall–Kier alpha value is -1.59. The van der Waals surface area contributed by atoms with E-state index in [1.165, 1.54) is 5.69 Å². The van der Waals surface area contributed by atoms with E-state index in [0.29, 0.717) is 6.10 Å². The van der Waals surface area contributed by atoms with Crippen LogP contribution in [0.25, 0.3) is 0 Å². The molecule has 0 radical (unpaired) electrons. The molecule has 1 saturated heterocycles. The summed E-state index contributed by atoms with van der Waals surface area (Å²) in [6.07, 6.45) is 2.63. The predicted molar refractivity (Wildman–Crippen MR) is 84.2 cm³/mol. The third kappa shape index (κ3) is 3.36. The number of ether oxygens (including phenoxy) is 2. The van der Waals surface area contributed by atoms with Crippen molar-refractivity contribution in [2.24, 2.45) is 4.99 Å². The van der Waals surface area contributed by atoms with Gasteiger partial charge in [0.2, 0.25) is 0 Å².